The van der Waals surface area contributed by atoms with Gasteiger partial charge in [0.1, 0.15) is 11.5 Å². The molecule has 3 atom stereocenters. The van der Waals surface area contributed by atoms with Gasteiger partial charge in [0.05, 0.1) is 40.8 Å². The van der Waals surface area contributed by atoms with Crippen LogP contribution < -0.4 is 4.74 Å². The fraction of sp³-hybridized carbons (Fsp3) is 0.806. The SMILES string of the molecule is CCC(C)C(=O)CN1CC(c2ccc3c(c2)CCO3)CC1CCN1CCCS1.CCCCC.CCCCC[N+](C)(C)C. The molecular formula is C36H66N3O2S+. The van der Waals surface area contributed by atoms with Crippen LogP contribution in [0.5, 0.6) is 5.75 Å². The van der Waals surface area contributed by atoms with Gasteiger partial charge in [-0.15, -0.1) is 0 Å². The van der Waals surface area contributed by atoms with Gasteiger partial charge in [0.2, 0.25) is 0 Å². The summed E-state index contributed by atoms with van der Waals surface area (Å²) in [7, 11) is 6.74. The summed E-state index contributed by atoms with van der Waals surface area (Å²) < 4.78 is 9.32. The van der Waals surface area contributed by atoms with E-state index in [0.717, 1.165) is 42.8 Å². The zero-order chi connectivity index (χ0) is 31.0. The quantitative estimate of drug-likeness (QED) is 0.121. The van der Waals surface area contributed by atoms with Crippen molar-refractivity contribution in [3.8, 4) is 5.75 Å². The summed E-state index contributed by atoms with van der Waals surface area (Å²) >= 11 is 1.99. The fourth-order valence-corrected chi connectivity index (χ4v) is 6.93. The standard InChI is InChI=1S/C23H34N2O2S.C8H20N.C5H12/c1-3-17(2)22(26)16-24-15-20(14-21(24)7-10-25-9-4-12-28-25)18-5-6-23-19(13-18)8-11-27-23;1-5-6-7-8-9(2,3)4;1-3-5-4-2/h5-6,13,17,20-21H,3-4,7-12,14-16H2,1-2H3;5-8H2,1-4H3;3-5H2,1-2H3/q;+1;. The van der Waals surface area contributed by atoms with Gasteiger partial charge < -0.3 is 9.22 Å². The molecule has 0 aromatic heterocycles. The fourth-order valence-electron chi connectivity index (χ4n) is 5.92. The number of fused-ring (bicyclic) bond motifs is 1. The van der Waals surface area contributed by atoms with Crippen LogP contribution in [0.25, 0.3) is 0 Å². The average Bonchev–Trinajstić information content (AvgIpc) is 3.73. The van der Waals surface area contributed by atoms with Gasteiger partial charge in [-0.05, 0) is 61.6 Å². The van der Waals surface area contributed by atoms with Crippen molar-refractivity contribution in [3.05, 3.63) is 29.3 Å². The Morgan fingerprint density at radius 3 is 2.40 bits per heavy atom. The molecule has 2 fully saturated rings. The molecule has 3 heterocycles. The van der Waals surface area contributed by atoms with Crippen LogP contribution in [0.1, 0.15) is 116 Å². The molecule has 0 N–H and O–H groups in total. The Kier molecular flexibility index (Phi) is 17.7. The summed E-state index contributed by atoms with van der Waals surface area (Å²) in [5.74, 6) is 3.44. The normalized spacial score (nSPS) is 21.1. The Morgan fingerprint density at radius 1 is 1.07 bits per heavy atom. The molecule has 1 aromatic carbocycles. The van der Waals surface area contributed by atoms with Crippen LogP contribution in [0, 0.1) is 5.92 Å². The number of carbonyl (C=O) groups is 1. The number of unbranched alkanes of at least 4 members (excludes halogenated alkanes) is 4. The largest absolute Gasteiger partial charge is 0.493 e. The minimum Gasteiger partial charge on any atom is -0.493 e. The molecule has 242 valence electrons. The van der Waals surface area contributed by atoms with E-state index in [4.69, 9.17) is 4.74 Å². The second-order valence-electron chi connectivity index (χ2n) is 13.7. The van der Waals surface area contributed by atoms with Crippen molar-refractivity contribution in [3.63, 3.8) is 0 Å². The summed E-state index contributed by atoms with van der Waals surface area (Å²) in [6, 6.07) is 7.28. The number of rotatable bonds is 14. The first kappa shape index (κ1) is 37.1. The van der Waals surface area contributed by atoms with E-state index in [1.165, 1.54) is 87.8 Å². The highest BCUT2D eigenvalue weighted by atomic mass is 32.2. The Bertz CT molecular complexity index is 879. The molecule has 3 aliphatic rings. The molecule has 0 amide bonds. The van der Waals surface area contributed by atoms with Crippen LogP contribution in [0.4, 0.5) is 0 Å². The third kappa shape index (κ3) is 13.7. The Balaban J connectivity index is 0.000000368. The number of nitrogens with zero attached hydrogens (tertiary/aromatic N) is 3. The van der Waals surface area contributed by atoms with E-state index in [0.29, 0.717) is 24.3 Å². The highest BCUT2D eigenvalue weighted by Crippen LogP contribution is 2.37. The first-order chi connectivity index (χ1) is 20.1. The van der Waals surface area contributed by atoms with Crippen molar-refractivity contribution >= 4 is 17.7 Å². The van der Waals surface area contributed by atoms with Gasteiger partial charge in [-0.25, -0.2) is 0 Å². The number of quaternary nitrogens is 1. The van der Waals surface area contributed by atoms with E-state index in [2.05, 4.69) is 83.2 Å². The molecule has 3 aliphatic heterocycles. The molecule has 0 bridgehead atoms. The van der Waals surface area contributed by atoms with Crippen LogP contribution in [-0.2, 0) is 11.2 Å². The molecule has 0 radical (unpaired) electrons. The zero-order valence-corrected chi connectivity index (χ0v) is 29.6. The molecule has 0 saturated carbocycles. The molecule has 42 heavy (non-hydrogen) atoms. The van der Waals surface area contributed by atoms with E-state index in [1.54, 1.807) is 0 Å². The topological polar surface area (TPSA) is 32.8 Å². The van der Waals surface area contributed by atoms with Crippen LogP contribution in [-0.4, -0.2) is 91.7 Å². The third-order valence-electron chi connectivity index (χ3n) is 8.91. The van der Waals surface area contributed by atoms with Gasteiger partial charge >= 0.3 is 0 Å². The minimum atomic E-state index is 0.172. The van der Waals surface area contributed by atoms with E-state index < -0.39 is 0 Å². The first-order valence-electron chi connectivity index (χ1n) is 17.3. The third-order valence-corrected chi connectivity index (χ3v) is 10.1. The van der Waals surface area contributed by atoms with E-state index in [9.17, 15) is 4.79 Å². The Labute approximate surface area is 264 Å². The van der Waals surface area contributed by atoms with Gasteiger partial charge in [-0.3, -0.25) is 14.0 Å². The lowest BCUT2D eigenvalue weighted by atomic mass is 9.93. The maximum Gasteiger partial charge on any atom is 0.149 e. The van der Waals surface area contributed by atoms with Crippen molar-refractivity contribution in [2.24, 2.45) is 5.92 Å². The van der Waals surface area contributed by atoms with E-state index in [-0.39, 0.29) is 5.92 Å². The lowest BCUT2D eigenvalue weighted by Crippen LogP contribution is -2.37. The lowest BCUT2D eigenvalue weighted by molar-refractivity contribution is -0.870. The van der Waals surface area contributed by atoms with Crippen molar-refractivity contribution < 1.29 is 14.0 Å². The van der Waals surface area contributed by atoms with Crippen LogP contribution >= 0.6 is 11.9 Å². The minimum absolute atomic E-state index is 0.172. The van der Waals surface area contributed by atoms with Crippen molar-refractivity contribution in [2.45, 2.75) is 117 Å². The molecule has 0 aliphatic carbocycles. The van der Waals surface area contributed by atoms with Gasteiger partial charge in [0.25, 0.3) is 0 Å². The predicted octanol–water partition coefficient (Wildman–Crippen LogP) is 8.22. The van der Waals surface area contributed by atoms with Gasteiger partial charge in [0, 0.05) is 43.8 Å². The summed E-state index contributed by atoms with van der Waals surface area (Å²) in [5.41, 5.74) is 2.79. The van der Waals surface area contributed by atoms with Crippen LogP contribution in [0.2, 0.25) is 0 Å². The molecule has 5 nitrogen and oxygen atoms in total. The molecule has 0 spiro atoms. The molecule has 3 unspecified atom stereocenters. The van der Waals surface area contributed by atoms with Crippen molar-refractivity contribution in [1.29, 1.82) is 0 Å². The van der Waals surface area contributed by atoms with Crippen molar-refractivity contribution in [1.82, 2.24) is 9.21 Å². The molecular weight excluding hydrogens is 538 g/mol. The number of ether oxygens (including phenoxy) is 1. The second kappa shape index (κ2) is 20.0. The maximum atomic E-state index is 12.7. The Hall–Kier alpha value is -1.08. The number of hydrogen-bond donors (Lipinski definition) is 0. The number of carbonyl (C=O) groups excluding carboxylic acids is 1. The second-order valence-corrected chi connectivity index (χ2v) is 14.9. The highest BCUT2D eigenvalue weighted by molar-refractivity contribution is 7.97. The van der Waals surface area contributed by atoms with Crippen LogP contribution in [0.15, 0.2) is 18.2 Å². The molecule has 1 aromatic rings. The maximum absolute atomic E-state index is 12.7. The van der Waals surface area contributed by atoms with E-state index in [1.807, 2.05) is 11.9 Å². The summed E-state index contributed by atoms with van der Waals surface area (Å²) in [4.78, 5) is 15.1. The highest BCUT2D eigenvalue weighted by Gasteiger charge is 2.35. The number of likely N-dealkylation sites (tertiary alicyclic amines) is 1. The average molecular weight is 605 g/mol. The summed E-state index contributed by atoms with van der Waals surface area (Å²) in [6.07, 6.45) is 13.8. The Morgan fingerprint density at radius 2 is 1.81 bits per heavy atom. The number of hydrogen-bond acceptors (Lipinski definition) is 5. The predicted molar refractivity (Wildman–Crippen MR) is 184 cm³/mol. The number of Topliss-reactive ketones (excluding diaryl/α,β-unsaturated/α-hetero) is 1. The van der Waals surface area contributed by atoms with E-state index >= 15 is 0 Å². The summed E-state index contributed by atoms with van der Waals surface area (Å²) in [5, 5.41) is 0. The van der Waals surface area contributed by atoms with Gasteiger partial charge in [0.15, 0.2) is 0 Å². The monoisotopic (exact) mass is 604 g/mol. The first-order valence-corrected chi connectivity index (χ1v) is 18.3. The summed E-state index contributed by atoms with van der Waals surface area (Å²) in [6.45, 7) is 17.0. The van der Waals surface area contributed by atoms with Gasteiger partial charge in [-0.1, -0.05) is 84.4 Å². The van der Waals surface area contributed by atoms with Gasteiger partial charge in [-0.2, -0.15) is 0 Å². The molecule has 6 heteroatoms. The van der Waals surface area contributed by atoms with Crippen LogP contribution in [0.3, 0.4) is 0 Å². The number of benzene rings is 1. The molecule has 4 rings (SSSR count). The molecule has 2 saturated heterocycles. The zero-order valence-electron chi connectivity index (χ0n) is 28.8. The smallest absolute Gasteiger partial charge is 0.149 e. The number of ketones is 1. The van der Waals surface area contributed by atoms with Crippen molar-refractivity contribution in [2.75, 3.05) is 66.2 Å². The lowest BCUT2D eigenvalue weighted by Gasteiger charge is -2.26.